The number of halogens is 1. The summed E-state index contributed by atoms with van der Waals surface area (Å²) >= 11 is 3.36. The van der Waals surface area contributed by atoms with E-state index < -0.39 is 10.8 Å². The highest BCUT2D eigenvalue weighted by Crippen LogP contribution is 2.22. The van der Waals surface area contributed by atoms with Gasteiger partial charge in [0.15, 0.2) is 6.61 Å². The first-order chi connectivity index (χ1) is 15.8. The molecule has 3 rings (SSSR count). The summed E-state index contributed by atoms with van der Waals surface area (Å²) in [6.45, 7) is 1.74. The quantitative estimate of drug-likeness (QED) is 0.263. The van der Waals surface area contributed by atoms with E-state index in [0.717, 1.165) is 10.0 Å². The predicted molar refractivity (Wildman–Crippen MR) is 128 cm³/mol. The number of hydrazone groups is 1. The monoisotopic (exact) mass is 510 g/mol. The molecule has 0 saturated heterocycles. The van der Waals surface area contributed by atoms with Crippen LogP contribution in [0.2, 0.25) is 0 Å². The number of carbonyl (C=O) groups is 2. The van der Waals surface area contributed by atoms with Crippen LogP contribution in [-0.2, 0) is 4.79 Å². The number of carbonyl (C=O) groups excluding carboxylic acids is 2. The summed E-state index contributed by atoms with van der Waals surface area (Å²) in [5.74, 6) is -0.460. The molecule has 3 aromatic carbocycles. The van der Waals surface area contributed by atoms with Crippen molar-refractivity contribution in [3.63, 3.8) is 0 Å². The van der Waals surface area contributed by atoms with Gasteiger partial charge in [0, 0.05) is 33.4 Å². The number of nitro groups is 1. The van der Waals surface area contributed by atoms with Crippen LogP contribution >= 0.6 is 15.9 Å². The van der Waals surface area contributed by atoms with Crippen LogP contribution in [0, 0.1) is 17.0 Å². The average molecular weight is 511 g/mol. The summed E-state index contributed by atoms with van der Waals surface area (Å²) < 4.78 is 6.38. The highest BCUT2D eigenvalue weighted by Gasteiger charge is 2.10. The van der Waals surface area contributed by atoms with Crippen LogP contribution in [0.1, 0.15) is 21.5 Å². The number of ether oxygens (including phenoxy) is 1. The van der Waals surface area contributed by atoms with Crippen molar-refractivity contribution in [2.45, 2.75) is 6.92 Å². The topological polar surface area (TPSA) is 123 Å². The van der Waals surface area contributed by atoms with Gasteiger partial charge in [-0.05, 0) is 49.4 Å². The van der Waals surface area contributed by atoms with Crippen LogP contribution < -0.4 is 15.5 Å². The molecule has 0 aromatic heterocycles. The molecule has 2 N–H and O–H groups in total. The van der Waals surface area contributed by atoms with E-state index in [1.165, 1.54) is 30.5 Å². The lowest BCUT2D eigenvalue weighted by Gasteiger charge is -2.10. The Morgan fingerprint density at radius 2 is 1.79 bits per heavy atom. The van der Waals surface area contributed by atoms with Crippen molar-refractivity contribution < 1.29 is 19.2 Å². The molecule has 10 heteroatoms. The van der Waals surface area contributed by atoms with Crippen LogP contribution in [0.4, 0.5) is 11.4 Å². The summed E-state index contributed by atoms with van der Waals surface area (Å²) in [4.78, 5) is 34.6. The van der Waals surface area contributed by atoms with Gasteiger partial charge in [0.05, 0.1) is 11.1 Å². The zero-order valence-corrected chi connectivity index (χ0v) is 19.0. The Kier molecular flexibility index (Phi) is 7.87. The minimum absolute atomic E-state index is 0.114. The van der Waals surface area contributed by atoms with Crippen molar-refractivity contribution in [3.8, 4) is 5.75 Å². The Morgan fingerprint density at radius 3 is 2.45 bits per heavy atom. The SMILES string of the molecule is Cc1ccc(NC(=O)COc2ccc(Br)cc2/C=N/NC(=O)c2ccc([N+](=O)[O-])cc2)cc1. The van der Waals surface area contributed by atoms with Gasteiger partial charge in [-0.2, -0.15) is 5.10 Å². The molecule has 3 aromatic rings. The molecule has 33 heavy (non-hydrogen) atoms. The van der Waals surface area contributed by atoms with Crippen LogP contribution in [-0.4, -0.2) is 29.6 Å². The van der Waals surface area contributed by atoms with E-state index in [1.807, 2.05) is 19.1 Å². The van der Waals surface area contributed by atoms with Crippen molar-refractivity contribution in [2.75, 3.05) is 11.9 Å². The first kappa shape index (κ1) is 23.6. The molecule has 0 atom stereocenters. The fourth-order valence-corrected chi connectivity index (χ4v) is 3.07. The molecule has 0 aliphatic rings. The van der Waals surface area contributed by atoms with Crippen LogP contribution in [0.3, 0.4) is 0 Å². The number of aryl methyl sites for hydroxylation is 1. The Morgan fingerprint density at radius 1 is 1.09 bits per heavy atom. The summed E-state index contributed by atoms with van der Waals surface area (Å²) in [7, 11) is 0. The van der Waals surface area contributed by atoms with E-state index in [1.54, 1.807) is 30.3 Å². The second-order valence-electron chi connectivity index (χ2n) is 6.89. The normalized spacial score (nSPS) is 10.6. The maximum atomic E-state index is 12.2. The number of rotatable bonds is 8. The summed E-state index contributed by atoms with van der Waals surface area (Å²) in [5, 5.41) is 17.4. The molecule has 0 aliphatic heterocycles. The highest BCUT2D eigenvalue weighted by atomic mass is 79.9. The van der Waals surface area contributed by atoms with E-state index >= 15 is 0 Å². The third-order valence-electron chi connectivity index (χ3n) is 4.38. The second-order valence-corrected chi connectivity index (χ2v) is 7.80. The first-order valence-electron chi connectivity index (χ1n) is 9.68. The smallest absolute Gasteiger partial charge is 0.271 e. The number of amides is 2. The second kappa shape index (κ2) is 11.0. The lowest BCUT2D eigenvalue weighted by molar-refractivity contribution is -0.384. The third-order valence-corrected chi connectivity index (χ3v) is 4.87. The van der Waals surface area contributed by atoms with E-state index in [9.17, 15) is 19.7 Å². The lowest BCUT2D eigenvalue weighted by Crippen LogP contribution is -2.20. The van der Waals surface area contributed by atoms with Gasteiger partial charge < -0.3 is 10.1 Å². The number of benzene rings is 3. The molecule has 168 valence electrons. The summed E-state index contributed by atoms with van der Waals surface area (Å²) in [5.41, 5.74) is 4.74. The Hall–Kier alpha value is -4.05. The largest absolute Gasteiger partial charge is 0.483 e. The van der Waals surface area contributed by atoms with Gasteiger partial charge in [0.2, 0.25) is 0 Å². The zero-order valence-electron chi connectivity index (χ0n) is 17.4. The summed E-state index contributed by atoms with van der Waals surface area (Å²) in [6.07, 6.45) is 1.38. The van der Waals surface area contributed by atoms with Crippen molar-refractivity contribution >= 4 is 45.3 Å². The maximum Gasteiger partial charge on any atom is 0.271 e. The van der Waals surface area contributed by atoms with Crippen LogP contribution in [0.15, 0.2) is 76.3 Å². The number of hydrogen-bond acceptors (Lipinski definition) is 6. The van der Waals surface area contributed by atoms with E-state index in [2.05, 4.69) is 31.8 Å². The van der Waals surface area contributed by atoms with Gasteiger partial charge in [-0.25, -0.2) is 5.43 Å². The van der Waals surface area contributed by atoms with Gasteiger partial charge in [-0.3, -0.25) is 19.7 Å². The standard InChI is InChI=1S/C23H19BrN4O5/c1-15-2-7-19(8-3-15)26-22(29)14-33-21-11-6-18(24)12-17(21)13-25-27-23(30)16-4-9-20(10-5-16)28(31)32/h2-13H,14H2,1H3,(H,26,29)(H,27,30)/b25-13+. The minimum atomic E-state index is -0.546. The lowest BCUT2D eigenvalue weighted by atomic mass is 10.2. The highest BCUT2D eigenvalue weighted by molar-refractivity contribution is 9.10. The average Bonchev–Trinajstić information content (AvgIpc) is 2.80. The molecular weight excluding hydrogens is 492 g/mol. The molecule has 0 heterocycles. The molecule has 0 radical (unpaired) electrons. The molecule has 0 unspecified atom stereocenters. The summed E-state index contributed by atoms with van der Waals surface area (Å²) in [6, 6.07) is 17.7. The van der Waals surface area contributed by atoms with Gasteiger partial charge in [0.25, 0.3) is 17.5 Å². The third kappa shape index (κ3) is 6.97. The number of nitrogens with one attached hydrogen (secondary N) is 2. The van der Waals surface area contributed by atoms with Gasteiger partial charge >= 0.3 is 0 Å². The van der Waals surface area contributed by atoms with Crippen molar-refractivity contribution in [2.24, 2.45) is 5.10 Å². The van der Waals surface area contributed by atoms with Crippen molar-refractivity contribution in [1.82, 2.24) is 5.43 Å². The molecule has 2 amide bonds. The van der Waals surface area contributed by atoms with Crippen molar-refractivity contribution in [1.29, 1.82) is 0 Å². The number of anilines is 1. The van der Waals surface area contributed by atoms with Crippen LogP contribution in [0.5, 0.6) is 5.75 Å². The zero-order chi connectivity index (χ0) is 23.8. The fraction of sp³-hybridized carbons (Fsp3) is 0.0870. The molecule has 0 spiro atoms. The van der Waals surface area contributed by atoms with Crippen molar-refractivity contribution in [3.05, 3.63) is 98.0 Å². The van der Waals surface area contributed by atoms with E-state index in [4.69, 9.17) is 4.74 Å². The number of nitrogens with zero attached hydrogens (tertiary/aromatic N) is 2. The maximum absolute atomic E-state index is 12.2. The molecule has 9 nitrogen and oxygen atoms in total. The van der Waals surface area contributed by atoms with Crippen LogP contribution in [0.25, 0.3) is 0 Å². The first-order valence-corrected chi connectivity index (χ1v) is 10.5. The fourth-order valence-electron chi connectivity index (χ4n) is 2.69. The molecule has 0 aliphatic carbocycles. The number of hydrogen-bond donors (Lipinski definition) is 2. The van der Waals surface area contributed by atoms with Gasteiger partial charge in [-0.15, -0.1) is 0 Å². The number of nitro benzene ring substituents is 1. The minimum Gasteiger partial charge on any atom is -0.483 e. The Balaban J connectivity index is 1.61. The molecule has 0 saturated carbocycles. The molecular formula is C23H19BrN4O5. The number of non-ortho nitro benzene ring substituents is 1. The molecule has 0 bridgehead atoms. The van der Waals surface area contributed by atoms with E-state index in [0.29, 0.717) is 17.0 Å². The Bertz CT molecular complexity index is 1190. The molecule has 0 fully saturated rings. The van der Waals surface area contributed by atoms with Gasteiger partial charge in [-0.1, -0.05) is 33.6 Å². The predicted octanol–water partition coefficient (Wildman–Crippen LogP) is 4.45. The van der Waals surface area contributed by atoms with Gasteiger partial charge in [0.1, 0.15) is 5.75 Å². The van der Waals surface area contributed by atoms with E-state index in [-0.39, 0.29) is 23.8 Å². The Labute approximate surface area is 197 Å².